The number of benzene rings is 2. The van der Waals surface area contributed by atoms with Gasteiger partial charge in [-0.05, 0) is 48.5 Å². The third-order valence-corrected chi connectivity index (χ3v) is 5.81. The highest BCUT2D eigenvalue weighted by atomic mass is 35.5. The van der Waals surface area contributed by atoms with Crippen molar-refractivity contribution < 1.29 is 4.79 Å². The molecule has 2 aromatic carbocycles. The van der Waals surface area contributed by atoms with Crippen LogP contribution in [-0.4, -0.2) is 46.5 Å². The van der Waals surface area contributed by atoms with Crippen molar-refractivity contribution in [2.24, 2.45) is 0 Å². The number of nitrogens with zero attached hydrogens (tertiary/aromatic N) is 4. The van der Waals surface area contributed by atoms with Gasteiger partial charge in [-0.25, -0.2) is 9.78 Å². The van der Waals surface area contributed by atoms with Gasteiger partial charge in [-0.15, -0.1) is 0 Å². The monoisotopic (exact) mass is 439 g/mol. The van der Waals surface area contributed by atoms with Gasteiger partial charge in [0.25, 0.3) is 0 Å². The number of anilines is 2. The van der Waals surface area contributed by atoms with Crippen LogP contribution < -0.4 is 10.2 Å². The van der Waals surface area contributed by atoms with E-state index < -0.39 is 0 Å². The fraction of sp³-hybridized carbons (Fsp3) is 0.182. The Balaban J connectivity index is 1.35. The molecule has 0 radical (unpaired) electrons. The molecular formula is C22H19Cl2N5O. The Morgan fingerprint density at radius 2 is 1.70 bits per heavy atom. The van der Waals surface area contributed by atoms with Crippen molar-refractivity contribution in [3.63, 3.8) is 0 Å². The molecule has 6 nitrogen and oxygen atoms in total. The minimum absolute atomic E-state index is 0.122. The summed E-state index contributed by atoms with van der Waals surface area (Å²) < 4.78 is 2.13. The van der Waals surface area contributed by atoms with Crippen LogP contribution in [0.15, 0.2) is 60.8 Å². The lowest BCUT2D eigenvalue weighted by molar-refractivity contribution is 0.208. The highest BCUT2D eigenvalue weighted by Crippen LogP contribution is 2.28. The number of aromatic nitrogens is 2. The van der Waals surface area contributed by atoms with Gasteiger partial charge in [0.05, 0.1) is 16.6 Å². The van der Waals surface area contributed by atoms with E-state index in [0.717, 1.165) is 22.4 Å². The van der Waals surface area contributed by atoms with E-state index in [1.807, 2.05) is 47.5 Å². The first-order valence-electron chi connectivity index (χ1n) is 9.71. The molecular weight excluding hydrogens is 421 g/mol. The summed E-state index contributed by atoms with van der Waals surface area (Å²) in [6, 6.07) is 16.9. The van der Waals surface area contributed by atoms with Crippen molar-refractivity contribution in [2.75, 3.05) is 36.4 Å². The van der Waals surface area contributed by atoms with Gasteiger partial charge < -0.3 is 19.5 Å². The Bertz CT molecular complexity index is 1250. The molecule has 0 unspecified atom stereocenters. The Morgan fingerprint density at radius 3 is 2.50 bits per heavy atom. The topological polar surface area (TPSA) is 52.9 Å². The van der Waals surface area contributed by atoms with Crippen LogP contribution in [0.5, 0.6) is 0 Å². The van der Waals surface area contributed by atoms with Crippen LogP contribution in [0, 0.1) is 0 Å². The van der Waals surface area contributed by atoms with Crippen LogP contribution in [0.3, 0.4) is 0 Å². The normalized spacial score (nSPS) is 14.5. The van der Waals surface area contributed by atoms with E-state index >= 15 is 0 Å². The maximum Gasteiger partial charge on any atom is 0.321 e. The van der Waals surface area contributed by atoms with Gasteiger partial charge in [-0.3, -0.25) is 0 Å². The van der Waals surface area contributed by atoms with Crippen LogP contribution in [0.1, 0.15) is 0 Å². The van der Waals surface area contributed by atoms with E-state index in [2.05, 4.69) is 20.7 Å². The fourth-order valence-electron chi connectivity index (χ4n) is 3.86. The van der Waals surface area contributed by atoms with Crippen LogP contribution in [0.2, 0.25) is 10.0 Å². The van der Waals surface area contributed by atoms with Gasteiger partial charge in [0.2, 0.25) is 0 Å². The molecule has 0 spiro atoms. The van der Waals surface area contributed by atoms with E-state index in [4.69, 9.17) is 28.2 Å². The van der Waals surface area contributed by atoms with E-state index in [-0.39, 0.29) is 6.03 Å². The fourth-order valence-corrected chi connectivity index (χ4v) is 4.21. The SMILES string of the molecule is O=C(Nc1cccc(Cl)c1)N1CCN(c2nc3cc(Cl)ccc3n3cccc23)CC1. The minimum atomic E-state index is -0.122. The number of hydrogen-bond acceptors (Lipinski definition) is 3. The molecule has 1 aliphatic rings. The molecule has 1 saturated heterocycles. The lowest BCUT2D eigenvalue weighted by Gasteiger charge is -2.35. The summed E-state index contributed by atoms with van der Waals surface area (Å²) in [5.41, 5.74) is 3.60. The van der Waals surface area contributed by atoms with Crippen molar-refractivity contribution in [1.29, 1.82) is 0 Å². The number of halogens is 2. The smallest absolute Gasteiger partial charge is 0.321 e. The predicted octanol–water partition coefficient (Wildman–Crippen LogP) is 5.15. The lowest BCUT2D eigenvalue weighted by atomic mass is 10.2. The Morgan fingerprint density at radius 1 is 0.900 bits per heavy atom. The molecule has 2 amide bonds. The maximum atomic E-state index is 12.6. The van der Waals surface area contributed by atoms with E-state index in [9.17, 15) is 4.79 Å². The zero-order valence-electron chi connectivity index (χ0n) is 16.1. The molecule has 3 heterocycles. The molecule has 8 heteroatoms. The van der Waals surface area contributed by atoms with Crippen LogP contribution in [0.4, 0.5) is 16.3 Å². The summed E-state index contributed by atoms with van der Waals surface area (Å²) in [4.78, 5) is 21.5. The standard InChI is InChI=1S/C22H19Cl2N5O/c23-15-3-1-4-17(13-15)25-22(30)28-11-9-27(10-12-28)21-20-5-2-8-29(20)19-7-6-16(24)14-18(19)26-21/h1-8,13-14H,9-12H2,(H,25,30). The molecule has 2 aromatic heterocycles. The first kappa shape index (κ1) is 19.0. The second-order valence-electron chi connectivity index (χ2n) is 7.25. The molecule has 1 N–H and O–H groups in total. The molecule has 0 bridgehead atoms. The third-order valence-electron chi connectivity index (χ3n) is 5.34. The number of carbonyl (C=O) groups excluding carboxylic acids is 1. The lowest BCUT2D eigenvalue weighted by Crippen LogP contribution is -2.50. The molecule has 30 heavy (non-hydrogen) atoms. The molecule has 0 aliphatic carbocycles. The number of urea groups is 1. The van der Waals surface area contributed by atoms with E-state index in [1.165, 1.54) is 0 Å². The zero-order valence-corrected chi connectivity index (χ0v) is 17.6. The summed E-state index contributed by atoms with van der Waals surface area (Å²) in [5.74, 6) is 0.907. The Hall–Kier alpha value is -2.96. The van der Waals surface area contributed by atoms with Crippen LogP contribution in [0.25, 0.3) is 16.6 Å². The number of fused-ring (bicyclic) bond motifs is 3. The average Bonchev–Trinajstić information content (AvgIpc) is 3.23. The summed E-state index contributed by atoms with van der Waals surface area (Å²) in [6.07, 6.45) is 2.03. The van der Waals surface area contributed by atoms with Crippen molar-refractivity contribution >= 4 is 57.3 Å². The predicted molar refractivity (Wildman–Crippen MR) is 122 cm³/mol. The molecule has 0 saturated carbocycles. The number of carbonyl (C=O) groups is 1. The molecule has 1 aliphatic heterocycles. The third kappa shape index (κ3) is 3.53. The first-order valence-corrected chi connectivity index (χ1v) is 10.5. The maximum absolute atomic E-state index is 12.6. The number of hydrogen-bond donors (Lipinski definition) is 1. The Labute approximate surface area is 183 Å². The second-order valence-corrected chi connectivity index (χ2v) is 8.12. The zero-order chi connectivity index (χ0) is 20.7. The largest absolute Gasteiger partial charge is 0.351 e. The minimum Gasteiger partial charge on any atom is -0.351 e. The van der Waals surface area contributed by atoms with E-state index in [1.54, 1.807) is 12.1 Å². The van der Waals surface area contributed by atoms with Crippen molar-refractivity contribution in [2.45, 2.75) is 0 Å². The number of amides is 2. The molecule has 152 valence electrons. The number of rotatable bonds is 2. The van der Waals surface area contributed by atoms with Gasteiger partial charge in [0, 0.05) is 48.1 Å². The Kier molecular flexibility index (Phi) is 4.89. The highest BCUT2D eigenvalue weighted by molar-refractivity contribution is 6.31. The van der Waals surface area contributed by atoms with Crippen LogP contribution in [-0.2, 0) is 0 Å². The summed E-state index contributed by atoms with van der Waals surface area (Å²) >= 11 is 12.2. The van der Waals surface area contributed by atoms with Gasteiger partial charge in [-0.1, -0.05) is 29.3 Å². The quantitative estimate of drug-likeness (QED) is 0.469. The van der Waals surface area contributed by atoms with Gasteiger partial charge in [0.15, 0.2) is 5.82 Å². The van der Waals surface area contributed by atoms with Crippen LogP contribution >= 0.6 is 23.2 Å². The number of piperazine rings is 1. The highest BCUT2D eigenvalue weighted by Gasteiger charge is 2.24. The van der Waals surface area contributed by atoms with Gasteiger partial charge in [0.1, 0.15) is 0 Å². The van der Waals surface area contributed by atoms with Gasteiger partial charge >= 0.3 is 6.03 Å². The molecule has 5 rings (SSSR count). The average molecular weight is 440 g/mol. The summed E-state index contributed by atoms with van der Waals surface area (Å²) in [6.45, 7) is 2.61. The summed E-state index contributed by atoms with van der Waals surface area (Å²) in [5, 5.41) is 4.17. The van der Waals surface area contributed by atoms with Gasteiger partial charge in [-0.2, -0.15) is 0 Å². The number of nitrogens with one attached hydrogen (secondary N) is 1. The van der Waals surface area contributed by atoms with Crippen molar-refractivity contribution in [3.8, 4) is 0 Å². The molecule has 1 fully saturated rings. The second kappa shape index (κ2) is 7.70. The molecule has 0 atom stereocenters. The van der Waals surface area contributed by atoms with Crippen molar-refractivity contribution in [3.05, 3.63) is 70.8 Å². The molecule has 4 aromatic rings. The van der Waals surface area contributed by atoms with E-state index in [0.29, 0.717) is 41.9 Å². The summed E-state index contributed by atoms with van der Waals surface area (Å²) in [7, 11) is 0. The first-order chi connectivity index (χ1) is 14.6. The van der Waals surface area contributed by atoms with Crippen molar-refractivity contribution in [1.82, 2.24) is 14.3 Å².